The van der Waals surface area contributed by atoms with Crippen molar-refractivity contribution in [1.82, 2.24) is 16.0 Å². The third kappa shape index (κ3) is 8.62. The third-order valence-corrected chi connectivity index (χ3v) is 4.76. The molecule has 10 nitrogen and oxygen atoms in total. The summed E-state index contributed by atoms with van der Waals surface area (Å²) < 4.78 is 0. The van der Waals surface area contributed by atoms with Gasteiger partial charge in [-0.3, -0.25) is 14.4 Å². The lowest BCUT2D eigenvalue weighted by atomic mass is 10.0. The number of nitrogens with two attached hydrogens (primary N) is 1. The Kier molecular flexibility index (Phi) is 9.37. The van der Waals surface area contributed by atoms with Crippen molar-refractivity contribution in [2.75, 3.05) is 6.54 Å². The molecule has 33 heavy (non-hydrogen) atoms. The molecule has 3 atom stereocenters. The molecule has 0 spiro atoms. The van der Waals surface area contributed by atoms with E-state index in [-0.39, 0.29) is 18.6 Å². The number of aliphatic carboxylic acids is 1. The number of hydrogen-bond acceptors (Lipinski definition) is 6. The monoisotopic (exact) mass is 456 g/mol. The molecule has 3 unspecified atom stereocenters. The van der Waals surface area contributed by atoms with Crippen molar-refractivity contribution in [3.05, 3.63) is 65.7 Å². The fourth-order valence-corrected chi connectivity index (χ4v) is 2.97. The molecule has 0 bridgehead atoms. The van der Waals surface area contributed by atoms with Gasteiger partial charge in [0.15, 0.2) is 0 Å². The van der Waals surface area contributed by atoms with Crippen LogP contribution in [0.5, 0.6) is 5.75 Å². The zero-order valence-electron chi connectivity index (χ0n) is 18.2. The highest BCUT2D eigenvalue weighted by molar-refractivity contribution is 5.92. The lowest BCUT2D eigenvalue weighted by Gasteiger charge is -2.20. The number of phenols is 1. The normalized spacial score (nSPS) is 13.3. The quantitative estimate of drug-likeness (QED) is 0.269. The number of carbonyl (C=O) groups is 4. The van der Waals surface area contributed by atoms with Gasteiger partial charge in [0.05, 0.1) is 12.6 Å². The largest absolute Gasteiger partial charge is 0.508 e. The van der Waals surface area contributed by atoms with Gasteiger partial charge in [0.25, 0.3) is 0 Å². The van der Waals surface area contributed by atoms with Gasteiger partial charge in [-0.2, -0.15) is 0 Å². The topological polar surface area (TPSA) is 171 Å². The molecule has 0 aliphatic rings. The summed E-state index contributed by atoms with van der Waals surface area (Å²) in [5.41, 5.74) is 6.98. The lowest BCUT2D eigenvalue weighted by Crippen LogP contribution is -2.54. The molecule has 0 saturated heterocycles. The van der Waals surface area contributed by atoms with E-state index in [0.29, 0.717) is 5.56 Å². The zero-order chi connectivity index (χ0) is 24.4. The summed E-state index contributed by atoms with van der Waals surface area (Å²) in [5, 5.41) is 26.1. The molecule has 0 fully saturated rings. The molecule has 2 rings (SSSR count). The predicted molar refractivity (Wildman–Crippen MR) is 120 cm³/mol. The molecule has 0 aromatic heterocycles. The first-order chi connectivity index (χ1) is 15.7. The molecule has 10 heteroatoms. The van der Waals surface area contributed by atoms with Gasteiger partial charge in [0.1, 0.15) is 17.8 Å². The zero-order valence-corrected chi connectivity index (χ0v) is 18.2. The summed E-state index contributed by atoms with van der Waals surface area (Å²) in [6.07, 6.45) is 0.182. The average Bonchev–Trinajstić information content (AvgIpc) is 2.78. The number of nitrogens with one attached hydrogen (secondary N) is 3. The summed E-state index contributed by atoms with van der Waals surface area (Å²) in [6, 6.07) is 11.9. The van der Waals surface area contributed by atoms with Crippen LogP contribution in [0.3, 0.4) is 0 Å². The second-order valence-electron chi connectivity index (χ2n) is 7.59. The van der Waals surface area contributed by atoms with Crippen LogP contribution in [-0.4, -0.2) is 58.6 Å². The van der Waals surface area contributed by atoms with Gasteiger partial charge in [0.2, 0.25) is 17.7 Å². The molecule has 0 aliphatic heterocycles. The van der Waals surface area contributed by atoms with Crippen LogP contribution in [0.4, 0.5) is 0 Å². The summed E-state index contributed by atoms with van der Waals surface area (Å²) >= 11 is 0. The second kappa shape index (κ2) is 12.2. The standard InChI is InChI=1S/C23H28N4O6/c1-14(24)21(30)27-18(11-15-5-3-2-4-6-15)22(31)25-13-20(29)26-19(23(32)33)12-16-7-9-17(28)10-8-16/h2-10,14,18-19,28H,11-13,24H2,1H3,(H,25,31)(H,26,29)(H,27,30)(H,32,33). The van der Waals surface area contributed by atoms with Crippen LogP contribution < -0.4 is 21.7 Å². The Morgan fingerprint density at radius 3 is 2.00 bits per heavy atom. The van der Waals surface area contributed by atoms with E-state index in [9.17, 15) is 29.4 Å². The average molecular weight is 456 g/mol. The molecular weight excluding hydrogens is 428 g/mol. The Bertz CT molecular complexity index is 963. The number of hydrogen-bond donors (Lipinski definition) is 6. The molecule has 7 N–H and O–H groups in total. The van der Waals surface area contributed by atoms with Gasteiger partial charge >= 0.3 is 5.97 Å². The smallest absolute Gasteiger partial charge is 0.326 e. The van der Waals surface area contributed by atoms with Crippen molar-refractivity contribution >= 4 is 23.7 Å². The fraction of sp³-hybridized carbons (Fsp3) is 0.304. The lowest BCUT2D eigenvalue weighted by molar-refractivity contribution is -0.141. The van der Waals surface area contributed by atoms with Gasteiger partial charge in [-0.25, -0.2) is 4.79 Å². The van der Waals surface area contributed by atoms with E-state index in [1.54, 1.807) is 36.4 Å². The Hall–Kier alpha value is -3.92. The molecule has 3 amide bonds. The van der Waals surface area contributed by atoms with Crippen LogP contribution in [-0.2, 0) is 32.0 Å². The molecule has 2 aromatic rings. The van der Waals surface area contributed by atoms with Gasteiger partial charge in [-0.1, -0.05) is 42.5 Å². The van der Waals surface area contributed by atoms with Crippen molar-refractivity contribution in [3.8, 4) is 5.75 Å². The Balaban J connectivity index is 1.97. The van der Waals surface area contributed by atoms with Crippen molar-refractivity contribution < 1.29 is 29.4 Å². The maximum Gasteiger partial charge on any atom is 0.326 e. The highest BCUT2D eigenvalue weighted by atomic mass is 16.4. The molecule has 176 valence electrons. The number of carboxylic acids is 1. The van der Waals surface area contributed by atoms with E-state index in [0.717, 1.165) is 5.56 Å². The molecular formula is C23H28N4O6. The SMILES string of the molecule is CC(N)C(=O)NC(Cc1ccccc1)C(=O)NCC(=O)NC(Cc1ccc(O)cc1)C(=O)O. The van der Waals surface area contributed by atoms with Crippen LogP contribution in [0.2, 0.25) is 0 Å². The summed E-state index contributed by atoms with van der Waals surface area (Å²) in [4.78, 5) is 48.5. The number of carbonyl (C=O) groups excluding carboxylic acids is 3. The minimum Gasteiger partial charge on any atom is -0.508 e. The van der Waals surface area contributed by atoms with Gasteiger partial charge in [0, 0.05) is 12.8 Å². The van der Waals surface area contributed by atoms with Crippen molar-refractivity contribution in [3.63, 3.8) is 0 Å². The van der Waals surface area contributed by atoms with E-state index in [1.165, 1.54) is 19.1 Å². The third-order valence-electron chi connectivity index (χ3n) is 4.76. The molecule has 0 aliphatic carbocycles. The number of rotatable bonds is 11. The van der Waals surface area contributed by atoms with Gasteiger partial charge < -0.3 is 31.9 Å². The van der Waals surface area contributed by atoms with E-state index in [4.69, 9.17) is 5.73 Å². The number of carboxylic acid groups (broad SMARTS) is 1. The van der Waals surface area contributed by atoms with Crippen LogP contribution in [0.25, 0.3) is 0 Å². The first kappa shape index (κ1) is 25.3. The van der Waals surface area contributed by atoms with Crippen LogP contribution in [0, 0.1) is 0 Å². The number of aromatic hydroxyl groups is 1. The predicted octanol–water partition coefficient (Wildman–Crippen LogP) is -0.305. The molecule has 0 saturated carbocycles. The number of benzene rings is 2. The molecule has 0 heterocycles. The second-order valence-corrected chi connectivity index (χ2v) is 7.59. The van der Waals surface area contributed by atoms with Crippen molar-refractivity contribution in [1.29, 1.82) is 0 Å². The van der Waals surface area contributed by atoms with Crippen LogP contribution in [0.15, 0.2) is 54.6 Å². The maximum absolute atomic E-state index is 12.7. The molecule has 2 aromatic carbocycles. The van der Waals surface area contributed by atoms with Crippen molar-refractivity contribution in [2.24, 2.45) is 5.73 Å². The van der Waals surface area contributed by atoms with Crippen LogP contribution >= 0.6 is 0 Å². The minimum absolute atomic E-state index is 0.00359. The van der Waals surface area contributed by atoms with Gasteiger partial charge in [-0.05, 0) is 30.2 Å². The minimum atomic E-state index is -1.24. The summed E-state index contributed by atoms with van der Waals surface area (Å²) in [5.74, 6) is -3.03. The van der Waals surface area contributed by atoms with Crippen molar-refractivity contribution in [2.45, 2.75) is 37.9 Å². The number of amides is 3. The first-order valence-corrected chi connectivity index (χ1v) is 10.3. The Labute approximate surface area is 191 Å². The van der Waals surface area contributed by atoms with E-state index in [2.05, 4.69) is 16.0 Å². The van der Waals surface area contributed by atoms with Crippen LogP contribution in [0.1, 0.15) is 18.1 Å². The fourth-order valence-electron chi connectivity index (χ4n) is 2.97. The Morgan fingerprint density at radius 2 is 1.42 bits per heavy atom. The number of phenolic OH excluding ortho intramolecular Hbond substituents is 1. The van der Waals surface area contributed by atoms with E-state index in [1.807, 2.05) is 6.07 Å². The summed E-state index contributed by atoms with van der Waals surface area (Å²) in [7, 11) is 0. The Morgan fingerprint density at radius 1 is 0.848 bits per heavy atom. The highest BCUT2D eigenvalue weighted by Crippen LogP contribution is 2.11. The summed E-state index contributed by atoms with van der Waals surface area (Å²) in [6.45, 7) is 1.01. The first-order valence-electron chi connectivity index (χ1n) is 10.3. The van der Waals surface area contributed by atoms with E-state index < -0.39 is 48.4 Å². The van der Waals surface area contributed by atoms with Gasteiger partial charge in [-0.15, -0.1) is 0 Å². The highest BCUT2D eigenvalue weighted by Gasteiger charge is 2.24. The molecule has 0 radical (unpaired) electrons. The maximum atomic E-state index is 12.7. The van der Waals surface area contributed by atoms with E-state index >= 15 is 0 Å².